The summed E-state index contributed by atoms with van der Waals surface area (Å²) in [5.74, 6) is -0.632. The lowest BCUT2D eigenvalue weighted by atomic mass is 9.82. The first-order valence-electron chi connectivity index (χ1n) is 4.80. The van der Waals surface area contributed by atoms with Gasteiger partial charge in [0.25, 0.3) is 0 Å². The highest BCUT2D eigenvalue weighted by molar-refractivity contribution is 5.77. The summed E-state index contributed by atoms with van der Waals surface area (Å²) in [6.45, 7) is 2.50. The third-order valence-electron chi connectivity index (χ3n) is 2.80. The lowest BCUT2D eigenvalue weighted by Crippen LogP contribution is -2.37. The van der Waals surface area contributed by atoms with Crippen LogP contribution < -0.4 is 0 Å². The quantitative estimate of drug-likeness (QED) is 0.416. The summed E-state index contributed by atoms with van der Waals surface area (Å²) in [5, 5.41) is 20.1. The number of carbonyl (C=O) groups excluding carboxylic acids is 1. The van der Waals surface area contributed by atoms with E-state index in [9.17, 15) is 20.0 Å². The Balaban J connectivity index is 2.88. The second-order valence-electron chi connectivity index (χ2n) is 4.50. The summed E-state index contributed by atoms with van der Waals surface area (Å²) in [6.07, 6.45) is -1.33. The van der Waals surface area contributed by atoms with E-state index >= 15 is 0 Å². The maximum Gasteiger partial charge on any atom is 0.316 e. The van der Waals surface area contributed by atoms with E-state index in [0.29, 0.717) is 0 Å². The van der Waals surface area contributed by atoms with Gasteiger partial charge in [-0.05, 0) is 13.8 Å². The molecule has 1 heterocycles. The van der Waals surface area contributed by atoms with E-state index < -0.39 is 34.7 Å². The summed E-state index contributed by atoms with van der Waals surface area (Å²) in [4.78, 5) is 21.4. The van der Waals surface area contributed by atoms with Crippen molar-refractivity contribution in [2.75, 3.05) is 13.7 Å². The molecule has 1 N–H and O–H groups in total. The van der Waals surface area contributed by atoms with Crippen molar-refractivity contribution in [1.29, 1.82) is 0 Å². The van der Waals surface area contributed by atoms with Crippen molar-refractivity contribution in [1.82, 2.24) is 0 Å². The van der Waals surface area contributed by atoms with E-state index in [2.05, 4.69) is 4.74 Å². The molecule has 0 amide bonds. The SMILES string of the molecule is COC(=O)C1(C)CC(C)(C[N+](=O)[O-])OC1O. The molecule has 16 heavy (non-hydrogen) atoms. The van der Waals surface area contributed by atoms with Crippen LogP contribution >= 0.6 is 0 Å². The Morgan fingerprint density at radius 2 is 2.25 bits per heavy atom. The minimum absolute atomic E-state index is 0.0504. The van der Waals surface area contributed by atoms with E-state index in [4.69, 9.17) is 4.74 Å². The molecule has 0 aromatic carbocycles. The smallest absolute Gasteiger partial charge is 0.316 e. The van der Waals surface area contributed by atoms with Gasteiger partial charge in [0.1, 0.15) is 11.0 Å². The van der Waals surface area contributed by atoms with Gasteiger partial charge in [-0.2, -0.15) is 0 Å². The van der Waals surface area contributed by atoms with Crippen molar-refractivity contribution in [3.8, 4) is 0 Å². The molecule has 1 saturated heterocycles. The van der Waals surface area contributed by atoms with Gasteiger partial charge in [-0.1, -0.05) is 0 Å². The molecule has 0 spiro atoms. The molecule has 1 fully saturated rings. The van der Waals surface area contributed by atoms with Crippen molar-refractivity contribution in [2.45, 2.75) is 32.2 Å². The fourth-order valence-corrected chi connectivity index (χ4v) is 2.08. The average molecular weight is 233 g/mol. The number of hydrogen-bond donors (Lipinski definition) is 1. The van der Waals surface area contributed by atoms with Crippen molar-refractivity contribution in [3.05, 3.63) is 10.1 Å². The zero-order valence-corrected chi connectivity index (χ0v) is 9.43. The van der Waals surface area contributed by atoms with Gasteiger partial charge in [0.15, 0.2) is 6.29 Å². The first kappa shape index (κ1) is 12.9. The highest BCUT2D eigenvalue weighted by atomic mass is 16.7. The Kier molecular flexibility index (Phi) is 3.20. The van der Waals surface area contributed by atoms with Crippen LogP contribution in [0.25, 0.3) is 0 Å². The Bertz CT molecular complexity index is 319. The number of methoxy groups -OCH3 is 1. The number of aliphatic hydroxyl groups excluding tert-OH is 1. The summed E-state index contributed by atoms with van der Waals surface area (Å²) in [6, 6.07) is 0. The lowest BCUT2D eigenvalue weighted by Gasteiger charge is -2.22. The van der Waals surface area contributed by atoms with Gasteiger partial charge < -0.3 is 14.6 Å². The second kappa shape index (κ2) is 3.99. The summed E-state index contributed by atoms with van der Waals surface area (Å²) in [7, 11) is 1.20. The molecule has 0 aromatic heterocycles. The van der Waals surface area contributed by atoms with Crippen LogP contribution in [0.5, 0.6) is 0 Å². The highest BCUT2D eigenvalue weighted by Gasteiger charge is 2.57. The molecule has 0 bridgehead atoms. The topological polar surface area (TPSA) is 98.9 Å². The van der Waals surface area contributed by atoms with E-state index in [0.717, 1.165) is 0 Å². The van der Waals surface area contributed by atoms with Crippen molar-refractivity contribution in [2.24, 2.45) is 5.41 Å². The van der Waals surface area contributed by atoms with Crippen molar-refractivity contribution >= 4 is 5.97 Å². The molecule has 92 valence electrons. The van der Waals surface area contributed by atoms with Crippen molar-refractivity contribution < 1.29 is 24.3 Å². The minimum Gasteiger partial charge on any atom is -0.468 e. The molecule has 1 rings (SSSR count). The number of aliphatic hydroxyl groups is 1. The van der Waals surface area contributed by atoms with Gasteiger partial charge >= 0.3 is 5.97 Å². The van der Waals surface area contributed by atoms with Crippen LogP contribution in [0.4, 0.5) is 0 Å². The molecule has 3 atom stereocenters. The molecular weight excluding hydrogens is 218 g/mol. The van der Waals surface area contributed by atoms with Gasteiger partial charge in [0.05, 0.1) is 7.11 Å². The van der Waals surface area contributed by atoms with Crippen molar-refractivity contribution in [3.63, 3.8) is 0 Å². The molecule has 1 aliphatic heterocycles. The molecule has 0 saturated carbocycles. The first-order valence-corrected chi connectivity index (χ1v) is 4.80. The lowest BCUT2D eigenvalue weighted by molar-refractivity contribution is -0.501. The molecule has 0 radical (unpaired) electrons. The van der Waals surface area contributed by atoms with Crippen LogP contribution in [0, 0.1) is 15.5 Å². The van der Waals surface area contributed by atoms with Crippen LogP contribution in [-0.2, 0) is 14.3 Å². The number of nitro groups is 1. The van der Waals surface area contributed by atoms with Gasteiger partial charge in [-0.3, -0.25) is 14.9 Å². The standard InChI is InChI=1S/C9H15NO6/c1-8(5-10(13)14)4-9(2,6(11)15-3)7(12)16-8/h7,12H,4-5H2,1-3H3. The van der Waals surface area contributed by atoms with E-state index in [1.807, 2.05) is 0 Å². The number of esters is 1. The predicted molar refractivity (Wildman–Crippen MR) is 52.1 cm³/mol. The monoisotopic (exact) mass is 233 g/mol. The Morgan fingerprint density at radius 3 is 2.69 bits per heavy atom. The second-order valence-corrected chi connectivity index (χ2v) is 4.50. The van der Waals surface area contributed by atoms with E-state index in [-0.39, 0.29) is 6.42 Å². The van der Waals surface area contributed by atoms with Crippen LogP contribution in [0.2, 0.25) is 0 Å². The summed E-state index contributed by atoms with van der Waals surface area (Å²) >= 11 is 0. The third kappa shape index (κ3) is 2.14. The maximum atomic E-state index is 11.5. The van der Waals surface area contributed by atoms with Gasteiger partial charge in [0, 0.05) is 11.3 Å². The molecule has 1 aliphatic rings. The van der Waals surface area contributed by atoms with Crippen LogP contribution in [0.15, 0.2) is 0 Å². The summed E-state index contributed by atoms with van der Waals surface area (Å²) in [5.41, 5.74) is -2.40. The molecule has 7 heteroatoms. The minimum atomic E-state index is -1.38. The molecule has 0 aromatic rings. The number of carbonyl (C=O) groups is 1. The molecule has 7 nitrogen and oxygen atoms in total. The fourth-order valence-electron chi connectivity index (χ4n) is 2.08. The first-order chi connectivity index (χ1) is 7.23. The van der Waals surface area contributed by atoms with E-state index in [1.54, 1.807) is 0 Å². The number of rotatable bonds is 3. The Morgan fingerprint density at radius 1 is 1.69 bits per heavy atom. The van der Waals surface area contributed by atoms with Gasteiger partial charge in [-0.25, -0.2) is 0 Å². The molecular formula is C9H15NO6. The number of nitrogens with zero attached hydrogens (tertiary/aromatic N) is 1. The van der Waals surface area contributed by atoms with Crippen LogP contribution in [0.1, 0.15) is 20.3 Å². The predicted octanol–water partition coefficient (Wildman–Crippen LogP) is -0.0602. The van der Waals surface area contributed by atoms with Gasteiger partial charge in [-0.15, -0.1) is 0 Å². The summed E-state index contributed by atoms with van der Waals surface area (Å²) < 4.78 is 9.67. The number of ether oxygens (including phenoxy) is 2. The Hall–Kier alpha value is -1.21. The molecule has 3 unspecified atom stereocenters. The average Bonchev–Trinajstić information content (AvgIpc) is 2.35. The van der Waals surface area contributed by atoms with E-state index in [1.165, 1.54) is 21.0 Å². The normalized spacial score (nSPS) is 38.4. The fraction of sp³-hybridized carbons (Fsp3) is 0.889. The Labute approximate surface area is 92.5 Å². The largest absolute Gasteiger partial charge is 0.468 e. The maximum absolute atomic E-state index is 11.5. The van der Waals surface area contributed by atoms with Crippen LogP contribution in [0.3, 0.4) is 0 Å². The number of hydrogen-bond acceptors (Lipinski definition) is 6. The third-order valence-corrected chi connectivity index (χ3v) is 2.80. The van der Waals surface area contributed by atoms with Crippen LogP contribution in [-0.4, -0.2) is 41.5 Å². The zero-order valence-electron chi connectivity index (χ0n) is 9.43. The highest BCUT2D eigenvalue weighted by Crippen LogP contribution is 2.44. The zero-order chi connectivity index (χ0) is 12.6. The van der Waals surface area contributed by atoms with Gasteiger partial charge in [0.2, 0.25) is 6.54 Å². The molecule has 0 aliphatic carbocycles.